The van der Waals surface area contributed by atoms with Gasteiger partial charge in [-0.3, -0.25) is 5.32 Å². The Bertz CT molecular complexity index is 404. The van der Waals surface area contributed by atoms with E-state index in [9.17, 15) is 9.90 Å². The molecular formula is C15H23NO3. The lowest BCUT2D eigenvalue weighted by molar-refractivity contribution is 0.0636. The number of carbonyl (C=O) groups excluding carboxylic acids is 1. The van der Waals surface area contributed by atoms with E-state index in [1.54, 1.807) is 6.92 Å². The van der Waals surface area contributed by atoms with Gasteiger partial charge in [0, 0.05) is 5.69 Å². The molecule has 0 heterocycles. The lowest BCUT2D eigenvalue weighted by Gasteiger charge is -2.19. The predicted molar refractivity (Wildman–Crippen MR) is 76.3 cm³/mol. The molecule has 2 N–H and O–H groups in total. The zero-order valence-corrected chi connectivity index (χ0v) is 12.1. The van der Waals surface area contributed by atoms with Gasteiger partial charge in [0.15, 0.2) is 0 Å². The van der Waals surface area contributed by atoms with E-state index in [1.807, 2.05) is 45.0 Å². The van der Waals surface area contributed by atoms with Crippen molar-refractivity contribution in [1.82, 2.24) is 0 Å². The van der Waals surface area contributed by atoms with Crippen molar-refractivity contribution in [1.29, 1.82) is 0 Å². The van der Waals surface area contributed by atoms with Crippen molar-refractivity contribution in [3.8, 4) is 0 Å². The molecule has 1 aromatic carbocycles. The van der Waals surface area contributed by atoms with Crippen molar-refractivity contribution < 1.29 is 14.6 Å². The van der Waals surface area contributed by atoms with Crippen molar-refractivity contribution >= 4 is 11.8 Å². The summed E-state index contributed by atoms with van der Waals surface area (Å²) in [4.78, 5) is 11.6. The normalized spacial score (nSPS) is 12.9. The van der Waals surface area contributed by atoms with Crippen LogP contribution >= 0.6 is 0 Å². The Morgan fingerprint density at radius 1 is 1.32 bits per heavy atom. The molecule has 4 nitrogen and oxygen atoms in total. The van der Waals surface area contributed by atoms with Gasteiger partial charge >= 0.3 is 6.09 Å². The average molecular weight is 265 g/mol. The first-order chi connectivity index (χ1) is 8.76. The van der Waals surface area contributed by atoms with Gasteiger partial charge in [-0.15, -0.1) is 0 Å². The predicted octanol–water partition coefficient (Wildman–Crippen LogP) is 3.35. The van der Waals surface area contributed by atoms with Crippen LogP contribution in [0, 0.1) is 0 Å². The van der Waals surface area contributed by atoms with Crippen LogP contribution in [0.3, 0.4) is 0 Å². The summed E-state index contributed by atoms with van der Waals surface area (Å²) >= 11 is 0. The molecule has 0 aliphatic rings. The Kier molecular flexibility index (Phi) is 5.36. The minimum absolute atomic E-state index is 0.292. The highest BCUT2D eigenvalue weighted by atomic mass is 16.6. The van der Waals surface area contributed by atoms with E-state index in [0.717, 1.165) is 18.4 Å². The van der Waals surface area contributed by atoms with Gasteiger partial charge in [-0.05, 0) is 58.2 Å². The number of ether oxygens (including phenoxy) is 1. The van der Waals surface area contributed by atoms with Gasteiger partial charge in [0.05, 0.1) is 6.10 Å². The molecule has 0 aromatic heterocycles. The number of carbonyl (C=O) groups is 1. The van der Waals surface area contributed by atoms with E-state index in [2.05, 4.69) is 5.32 Å². The number of nitrogens with one attached hydrogen (secondary N) is 1. The third kappa shape index (κ3) is 6.82. The third-order valence-electron chi connectivity index (χ3n) is 2.45. The Labute approximate surface area is 114 Å². The number of hydrogen-bond donors (Lipinski definition) is 2. The summed E-state index contributed by atoms with van der Waals surface area (Å²) < 4.78 is 5.17. The summed E-state index contributed by atoms with van der Waals surface area (Å²) in [5.41, 5.74) is 1.34. The maximum absolute atomic E-state index is 11.6. The molecule has 0 radical (unpaired) electrons. The fraction of sp³-hybridized carbons (Fsp3) is 0.533. The summed E-state index contributed by atoms with van der Waals surface area (Å²) in [6, 6.07) is 7.55. The molecule has 0 saturated carbocycles. The van der Waals surface area contributed by atoms with E-state index in [4.69, 9.17) is 4.74 Å². The van der Waals surface area contributed by atoms with E-state index in [-0.39, 0.29) is 6.10 Å². The van der Waals surface area contributed by atoms with Crippen molar-refractivity contribution in [2.75, 3.05) is 5.32 Å². The molecule has 19 heavy (non-hydrogen) atoms. The topological polar surface area (TPSA) is 58.6 Å². The Balaban J connectivity index is 2.50. The summed E-state index contributed by atoms with van der Waals surface area (Å²) in [6.07, 6.45) is 0.812. The minimum atomic E-state index is -0.499. The van der Waals surface area contributed by atoms with Crippen molar-refractivity contribution in [2.45, 2.75) is 52.2 Å². The van der Waals surface area contributed by atoms with Crippen LogP contribution in [-0.2, 0) is 11.2 Å². The van der Waals surface area contributed by atoms with Crippen LogP contribution in [0.25, 0.3) is 0 Å². The van der Waals surface area contributed by atoms with Gasteiger partial charge < -0.3 is 9.84 Å². The van der Waals surface area contributed by atoms with Crippen LogP contribution < -0.4 is 5.32 Å². The van der Waals surface area contributed by atoms with Gasteiger partial charge in [0.25, 0.3) is 0 Å². The highest BCUT2D eigenvalue weighted by Crippen LogP contribution is 2.14. The number of rotatable bonds is 4. The Morgan fingerprint density at radius 3 is 2.37 bits per heavy atom. The summed E-state index contributed by atoms with van der Waals surface area (Å²) in [7, 11) is 0. The van der Waals surface area contributed by atoms with Crippen LogP contribution in [0.5, 0.6) is 0 Å². The van der Waals surface area contributed by atoms with Gasteiger partial charge in [-0.1, -0.05) is 12.1 Å². The second-order valence-corrected chi connectivity index (χ2v) is 5.71. The molecule has 0 aliphatic heterocycles. The number of benzene rings is 1. The largest absolute Gasteiger partial charge is 0.444 e. The lowest BCUT2D eigenvalue weighted by atomic mass is 10.1. The monoisotopic (exact) mass is 265 g/mol. The van der Waals surface area contributed by atoms with Gasteiger partial charge in [-0.2, -0.15) is 0 Å². The second kappa shape index (κ2) is 6.57. The first-order valence-corrected chi connectivity index (χ1v) is 6.53. The third-order valence-corrected chi connectivity index (χ3v) is 2.45. The molecule has 1 unspecified atom stereocenters. The summed E-state index contributed by atoms with van der Waals surface area (Å²) in [6.45, 7) is 7.25. The standard InChI is InChI=1S/C15H23NO3/c1-11(17)5-6-12-7-9-13(10-8-12)16-14(18)19-15(2,3)4/h7-11,17H,5-6H2,1-4H3,(H,16,18). The molecule has 0 spiro atoms. The van der Waals surface area contributed by atoms with Crippen LogP contribution in [0.1, 0.15) is 39.7 Å². The summed E-state index contributed by atoms with van der Waals surface area (Å²) in [5, 5.41) is 11.9. The molecule has 1 rings (SSSR count). The molecule has 0 saturated heterocycles. The zero-order valence-electron chi connectivity index (χ0n) is 12.1. The highest BCUT2D eigenvalue weighted by molar-refractivity contribution is 5.84. The van der Waals surface area contributed by atoms with Crippen LogP contribution in [-0.4, -0.2) is 22.9 Å². The van der Waals surface area contributed by atoms with Gasteiger partial charge in [-0.25, -0.2) is 4.79 Å². The molecule has 4 heteroatoms. The zero-order chi connectivity index (χ0) is 14.5. The number of aryl methyl sites for hydroxylation is 1. The average Bonchev–Trinajstić information content (AvgIpc) is 2.25. The van der Waals surface area contributed by atoms with Crippen LogP contribution in [0.4, 0.5) is 10.5 Å². The first kappa shape index (κ1) is 15.5. The molecule has 106 valence electrons. The fourth-order valence-electron chi connectivity index (χ4n) is 1.55. The molecule has 0 aliphatic carbocycles. The highest BCUT2D eigenvalue weighted by Gasteiger charge is 2.15. The van der Waals surface area contributed by atoms with Crippen molar-refractivity contribution in [3.05, 3.63) is 29.8 Å². The minimum Gasteiger partial charge on any atom is -0.444 e. The number of anilines is 1. The Morgan fingerprint density at radius 2 is 1.89 bits per heavy atom. The van der Waals surface area contributed by atoms with Crippen LogP contribution in [0.15, 0.2) is 24.3 Å². The second-order valence-electron chi connectivity index (χ2n) is 5.71. The van der Waals surface area contributed by atoms with E-state index < -0.39 is 11.7 Å². The smallest absolute Gasteiger partial charge is 0.412 e. The van der Waals surface area contributed by atoms with E-state index in [1.165, 1.54) is 0 Å². The van der Waals surface area contributed by atoms with Crippen LogP contribution in [0.2, 0.25) is 0 Å². The first-order valence-electron chi connectivity index (χ1n) is 6.53. The Hall–Kier alpha value is -1.55. The maximum atomic E-state index is 11.6. The molecule has 1 amide bonds. The number of amides is 1. The number of aliphatic hydroxyl groups is 1. The molecule has 1 aromatic rings. The van der Waals surface area contributed by atoms with E-state index >= 15 is 0 Å². The quantitative estimate of drug-likeness (QED) is 0.877. The fourth-order valence-corrected chi connectivity index (χ4v) is 1.55. The maximum Gasteiger partial charge on any atom is 0.412 e. The van der Waals surface area contributed by atoms with Gasteiger partial charge in [0.1, 0.15) is 5.60 Å². The molecule has 0 fully saturated rings. The number of aliphatic hydroxyl groups excluding tert-OH is 1. The summed E-state index contributed by atoms with van der Waals surface area (Å²) in [5.74, 6) is 0. The molecular weight excluding hydrogens is 242 g/mol. The van der Waals surface area contributed by atoms with E-state index in [0.29, 0.717) is 5.69 Å². The van der Waals surface area contributed by atoms with Crippen molar-refractivity contribution in [3.63, 3.8) is 0 Å². The molecule has 0 bridgehead atoms. The molecule has 1 atom stereocenters. The van der Waals surface area contributed by atoms with Gasteiger partial charge in [0.2, 0.25) is 0 Å². The lowest BCUT2D eigenvalue weighted by Crippen LogP contribution is -2.27. The number of hydrogen-bond acceptors (Lipinski definition) is 3. The SMILES string of the molecule is CC(O)CCc1ccc(NC(=O)OC(C)(C)C)cc1. The van der Waals surface area contributed by atoms with Crippen molar-refractivity contribution in [2.24, 2.45) is 0 Å².